The second-order valence-electron chi connectivity index (χ2n) is 11.2. The largest absolute Gasteiger partial charge is 0.454 e. The van der Waals surface area contributed by atoms with Crippen LogP contribution in [0.5, 0.6) is 0 Å². The summed E-state index contributed by atoms with van der Waals surface area (Å²) in [5.41, 5.74) is 9.75. The molecule has 4 aromatic carbocycles. The van der Waals surface area contributed by atoms with Crippen molar-refractivity contribution in [2.24, 2.45) is 0 Å². The topological polar surface area (TPSA) is 18.1 Å². The van der Waals surface area contributed by atoms with E-state index in [1.165, 1.54) is 92.6 Å². The average molecular weight is 600 g/mol. The first-order valence-corrected chi connectivity index (χ1v) is 16.9. The third-order valence-electron chi connectivity index (χ3n) is 8.40. The van der Waals surface area contributed by atoms with Crippen LogP contribution in [-0.2, 0) is 0 Å². The Hall–Kier alpha value is -3.68. The Morgan fingerprint density at radius 2 is 1.10 bits per heavy atom. The summed E-state index contributed by atoms with van der Waals surface area (Å²) in [6.45, 7) is 6.47. The minimum absolute atomic E-state index is 0.992. The van der Waals surface area contributed by atoms with E-state index in [1.54, 1.807) is 0 Å². The van der Waals surface area contributed by atoms with E-state index in [2.05, 4.69) is 98.1 Å². The van der Waals surface area contributed by atoms with Crippen molar-refractivity contribution in [1.82, 2.24) is 4.57 Å². The number of hydrogen-bond acceptors (Lipinski definition) is 5. The molecule has 0 radical (unpaired) electrons. The van der Waals surface area contributed by atoms with Crippen molar-refractivity contribution < 1.29 is 4.42 Å². The molecule has 0 N–H and O–H groups in total. The predicted octanol–water partition coefficient (Wildman–Crippen LogP) is 12.5. The Balaban J connectivity index is 1.33. The Bertz CT molecular complexity index is 2720. The van der Waals surface area contributed by atoms with Crippen LogP contribution in [-0.4, -0.2) is 4.57 Å². The third kappa shape index (κ3) is 2.96. The molecule has 6 heterocycles. The summed E-state index contributed by atoms with van der Waals surface area (Å²) in [6, 6.07) is 27.3. The first kappa shape index (κ1) is 22.9. The van der Waals surface area contributed by atoms with Gasteiger partial charge < -0.3 is 8.98 Å². The highest BCUT2D eigenvalue weighted by Gasteiger charge is 2.24. The molecule has 0 unspecified atom stereocenters. The Kier molecular flexibility index (Phi) is 4.35. The molecule has 10 rings (SSSR count). The minimum atomic E-state index is 0.992. The van der Waals surface area contributed by atoms with Gasteiger partial charge in [-0.25, -0.2) is 0 Å². The molecule has 0 saturated carbocycles. The van der Waals surface area contributed by atoms with Gasteiger partial charge in [0.2, 0.25) is 0 Å². The predicted molar refractivity (Wildman–Crippen MR) is 184 cm³/mol. The first-order valence-electron chi connectivity index (χ1n) is 13.7. The standard InChI is InChI=1S/C35H21NOS4/c1-16-4-8-19(9-5-16)36-28-21-11-7-18(3)13-25(21)38-33(28)34-29(36)22-14-27-23(15-26(22)39-34)32-35(40-27)30-31(41-32)20-10-6-17(2)12-24(20)37-30/h4-15H,1-3H3. The lowest BCUT2D eigenvalue weighted by Gasteiger charge is -2.08. The number of furan rings is 1. The van der Waals surface area contributed by atoms with E-state index >= 15 is 0 Å². The molecule has 6 heteroatoms. The van der Waals surface area contributed by atoms with Crippen LogP contribution in [0.4, 0.5) is 0 Å². The molecular formula is C35H21NOS4. The fourth-order valence-corrected chi connectivity index (χ4v) is 11.7. The van der Waals surface area contributed by atoms with Crippen LogP contribution >= 0.6 is 45.3 Å². The SMILES string of the molecule is Cc1ccc(-n2c3c4ccc(C)cc4sc3c3sc4cc5c(cc4c32)sc2c3oc4cc(C)ccc4c3sc52)cc1. The minimum Gasteiger partial charge on any atom is -0.454 e. The van der Waals surface area contributed by atoms with Crippen LogP contribution in [0.3, 0.4) is 0 Å². The number of aromatic nitrogens is 1. The van der Waals surface area contributed by atoms with Gasteiger partial charge in [-0.2, -0.15) is 0 Å². The van der Waals surface area contributed by atoms with Crippen molar-refractivity contribution >= 4 is 127 Å². The van der Waals surface area contributed by atoms with Gasteiger partial charge in [0.05, 0.1) is 34.5 Å². The lowest BCUT2D eigenvalue weighted by atomic mass is 10.1. The summed E-state index contributed by atoms with van der Waals surface area (Å²) >= 11 is 7.64. The van der Waals surface area contributed by atoms with Crippen molar-refractivity contribution in [3.8, 4) is 5.69 Å². The van der Waals surface area contributed by atoms with Crippen molar-refractivity contribution in [3.63, 3.8) is 0 Å². The van der Waals surface area contributed by atoms with Gasteiger partial charge in [-0.15, -0.1) is 45.3 Å². The lowest BCUT2D eigenvalue weighted by molar-refractivity contribution is 0.673. The molecule has 10 aromatic rings. The van der Waals surface area contributed by atoms with Crippen molar-refractivity contribution in [2.45, 2.75) is 20.8 Å². The van der Waals surface area contributed by atoms with Crippen LogP contribution in [0.1, 0.15) is 16.7 Å². The Labute approximate surface area is 250 Å². The van der Waals surface area contributed by atoms with Crippen LogP contribution in [0.25, 0.3) is 87.0 Å². The van der Waals surface area contributed by atoms with Crippen molar-refractivity contribution in [2.75, 3.05) is 0 Å². The van der Waals surface area contributed by atoms with Crippen LogP contribution in [0.2, 0.25) is 0 Å². The molecular weight excluding hydrogens is 579 g/mol. The zero-order valence-electron chi connectivity index (χ0n) is 22.4. The number of aryl methyl sites for hydroxylation is 3. The first-order chi connectivity index (χ1) is 20.0. The van der Waals surface area contributed by atoms with Crippen LogP contribution in [0, 0.1) is 20.8 Å². The molecule has 0 aliphatic rings. The molecule has 0 aliphatic carbocycles. The zero-order chi connectivity index (χ0) is 27.1. The van der Waals surface area contributed by atoms with Crippen LogP contribution in [0.15, 0.2) is 77.2 Å². The van der Waals surface area contributed by atoms with Gasteiger partial charge >= 0.3 is 0 Å². The molecule has 0 aliphatic heterocycles. The third-order valence-corrected chi connectivity index (χ3v) is 13.4. The van der Waals surface area contributed by atoms with E-state index < -0.39 is 0 Å². The summed E-state index contributed by atoms with van der Waals surface area (Å²) in [5, 5.41) is 5.26. The maximum atomic E-state index is 6.45. The average Bonchev–Trinajstić information content (AvgIpc) is 3.76. The lowest BCUT2D eigenvalue weighted by Crippen LogP contribution is -1.93. The molecule has 41 heavy (non-hydrogen) atoms. The highest BCUT2D eigenvalue weighted by atomic mass is 32.1. The second-order valence-corrected chi connectivity index (χ2v) is 15.4. The normalized spacial score (nSPS) is 12.8. The molecule has 6 aromatic heterocycles. The number of nitrogens with zero attached hydrogens (tertiary/aromatic N) is 1. The van der Waals surface area contributed by atoms with Gasteiger partial charge in [-0.1, -0.05) is 35.9 Å². The van der Waals surface area contributed by atoms with Gasteiger partial charge in [0.25, 0.3) is 0 Å². The van der Waals surface area contributed by atoms with Gasteiger partial charge in [0, 0.05) is 41.3 Å². The van der Waals surface area contributed by atoms with E-state index in [1.807, 2.05) is 45.3 Å². The van der Waals surface area contributed by atoms with Gasteiger partial charge in [-0.3, -0.25) is 0 Å². The maximum absolute atomic E-state index is 6.45. The summed E-state index contributed by atoms with van der Waals surface area (Å²) in [6.07, 6.45) is 0. The van der Waals surface area contributed by atoms with Crippen LogP contribution < -0.4 is 0 Å². The van der Waals surface area contributed by atoms with E-state index in [-0.39, 0.29) is 0 Å². The smallest absolute Gasteiger partial charge is 0.164 e. The van der Waals surface area contributed by atoms with E-state index in [0.717, 1.165) is 11.2 Å². The molecule has 2 nitrogen and oxygen atoms in total. The molecule has 0 spiro atoms. The molecule has 0 fully saturated rings. The highest BCUT2D eigenvalue weighted by molar-refractivity contribution is 7.37. The Morgan fingerprint density at radius 1 is 0.488 bits per heavy atom. The number of fused-ring (bicyclic) bond motifs is 14. The number of rotatable bonds is 1. The van der Waals surface area contributed by atoms with Gasteiger partial charge in [0.15, 0.2) is 5.58 Å². The fourth-order valence-electron chi connectivity index (χ4n) is 6.44. The van der Waals surface area contributed by atoms with E-state index in [4.69, 9.17) is 4.42 Å². The summed E-state index contributed by atoms with van der Waals surface area (Å²) in [4.78, 5) is 0. The highest BCUT2D eigenvalue weighted by Crippen LogP contribution is 2.52. The molecule has 196 valence electrons. The van der Waals surface area contributed by atoms with Crippen molar-refractivity contribution in [1.29, 1.82) is 0 Å². The number of thiophene rings is 4. The van der Waals surface area contributed by atoms with Crippen molar-refractivity contribution in [3.05, 3.63) is 89.5 Å². The van der Waals surface area contributed by atoms with E-state index in [0.29, 0.717) is 0 Å². The fraction of sp³-hybridized carbons (Fsp3) is 0.0857. The summed E-state index contributed by atoms with van der Waals surface area (Å²) < 4.78 is 19.7. The molecule has 0 amide bonds. The summed E-state index contributed by atoms with van der Waals surface area (Å²) in [5.74, 6) is 0. The quantitative estimate of drug-likeness (QED) is 0.184. The number of benzene rings is 4. The summed E-state index contributed by atoms with van der Waals surface area (Å²) in [7, 11) is 0. The monoisotopic (exact) mass is 599 g/mol. The number of hydrogen-bond donors (Lipinski definition) is 0. The van der Waals surface area contributed by atoms with E-state index in [9.17, 15) is 0 Å². The molecule has 0 saturated heterocycles. The maximum Gasteiger partial charge on any atom is 0.164 e. The van der Waals surface area contributed by atoms with Gasteiger partial charge in [-0.05, 0) is 74.4 Å². The Morgan fingerprint density at radius 3 is 1.90 bits per heavy atom. The molecule has 0 bridgehead atoms. The zero-order valence-corrected chi connectivity index (χ0v) is 25.7. The molecule has 0 atom stereocenters. The van der Waals surface area contributed by atoms with Gasteiger partial charge in [0.1, 0.15) is 5.58 Å². The second kappa shape index (κ2) is 7.78.